The van der Waals surface area contributed by atoms with Gasteiger partial charge < -0.3 is 44.2 Å². The number of rotatable bonds is 14. The molecule has 41 heavy (non-hydrogen) atoms. The Labute approximate surface area is 243 Å². The second-order valence-corrected chi connectivity index (χ2v) is 11.0. The quantitative estimate of drug-likeness (QED) is 0.115. The summed E-state index contributed by atoms with van der Waals surface area (Å²) in [7, 11) is 2.96. The second kappa shape index (κ2) is 17.7. The molecule has 232 valence electrons. The third kappa shape index (κ3) is 12.5. The average Bonchev–Trinajstić information content (AvgIpc) is 2.86. The molecule has 1 aliphatic rings. The number of hydrogen-bond acceptors (Lipinski definition) is 16. The Morgan fingerprint density at radius 1 is 0.805 bits per heavy atom. The van der Waals surface area contributed by atoms with Crippen molar-refractivity contribution in [3.05, 3.63) is 0 Å². The molecule has 3 N–H and O–H groups in total. The molecule has 0 radical (unpaired) electrons. The van der Waals surface area contributed by atoms with E-state index >= 15 is 0 Å². The van der Waals surface area contributed by atoms with Crippen LogP contribution in [0.2, 0.25) is 0 Å². The van der Waals surface area contributed by atoms with Crippen molar-refractivity contribution < 1.29 is 67.1 Å². The summed E-state index contributed by atoms with van der Waals surface area (Å²) in [6.07, 6.45) is -5.17. The van der Waals surface area contributed by atoms with Crippen LogP contribution in [0.5, 0.6) is 0 Å². The Morgan fingerprint density at radius 3 is 1.85 bits per heavy atom. The summed E-state index contributed by atoms with van der Waals surface area (Å²) in [6, 6.07) is -2.57. The SMILES string of the molecule is COC(=O)[C@H](CO)NC(=O)[C@H](CSS[C@@H]1O[C@H](COC(C)=O)[C@H](OC(C)=O)[C@H](OC(C)=O)[C@H]1OC(C)=O)NC(C)=O. The Hall–Kier alpha value is -3.09. The van der Waals surface area contributed by atoms with Crippen molar-refractivity contribution in [1.29, 1.82) is 0 Å². The van der Waals surface area contributed by atoms with Crippen LogP contribution in [-0.2, 0) is 62.0 Å². The minimum atomic E-state index is -1.37. The molecular weight excluding hydrogens is 592 g/mol. The van der Waals surface area contributed by atoms with Crippen molar-refractivity contribution in [2.75, 3.05) is 26.1 Å². The van der Waals surface area contributed by atoms with E-state index in [0.717, 1.165) is 56.4 Å². The van der Waals surface area contributed by atoms with Crippen LogP contribution in [0.15, 0.2) is 0 Å². The number of methoxy groups -OCH3 is 1. The lowest BCUT2D eigenvalue weighted by Crippen LogP contribution is -2.61. The Morgan fingerprint density at radius 2 is 1.37 bits per heavy atom. The van der Waals surface area contributed by atoms with Gasteiger partial charge in [-0.3, -0.25) is 28.8 Å². The van der Waals surface area contributed by atoms with Crippen LogP contribution >= 0.6 is 21.6 Å². The van der Waals surface area contributed by atoms with Crippen LogP contribution in [-0.4, -0.2) is 115 Å². The molecule has 0 spiro atoms. The highest BCUT2D eigenvalue weighted by Crippen LogP contribution is 2.39. The zero-order chi connectivity index (χ0) is 31.3. The van der Waals surface area contributed by atoms with Gasteiger partial charge in [0.2, 0.25) is 11.8 Å². The Bertz CT molecular complexity index is 980. The van der Waals surface area contributed by atoms with Crippen LogP contribution < -0.4 is 10.6 Å². The highest BCUT2D eigenvalue weighted by molar-refractivity contribution is 8.76. The molecule has 1 saturated heterocycles. The molecule has 1 fully saturated rings. The summed E-state index contributed by atoms with van der Waals surface area (Å²) in [5.74, 6) is -5.41. The van der Waals surface area contributed by atoms with E-state index in [2.05, 4.69) is 15.4 Å². The van der Waals surface area contributed by atoms with Gasteiger partial charge in [-0.1, -0.05) is 21.6 Å². The number of nitrogens with one attached hydrogen (secondary N) is 2. The standard InChI is InChI=1S/C23H34N2O14S2/c1-10(27)24-16(21(32)25-15(7-26)22(33)34-6)9-40-41-23-20(38-14(5)31)19(37-13(4)30)18(36-12(3)29)17(39-23)8-35-11(2)28/h15-20,23,26H,7-9H2,1-6H3,(H,24,27)(H,25,32)/t15-,16-,17+,18-,19-,20+,23-/m0/s1. The van der Waals surface area contributed by atoms with E-state index in [1.165, 1.54) is 6.92 Å². The lowest BCUT2D eigenvalue weighted by Gasteiger charge is -2.44. The Balaban J connectivity index is 3.23. The normalized spacial score (nSPS) is 23.1. The second-order valence-electron chi connectivity index (χ2n) is 8.47. The fourth-order valence-corrected chi connectivity index (χ4v) is 6.06. The molecule has 0 aliphatic carbocycles. The number of amides is 2. The van der Waals surface area contributed by atoms with Crippen molar-refractivity contribution >= 4 is 63.2 Å². The van der Waals surface area contributed by atoms with E-state index in [-0.39, 0.29) is 5.75 Å². The van der Waals surface area contributed by atoms with Crippen LogP contribution in [0.4, 0.5) is 0 Å². The Kier molecular flexibility index (Phi) is 15.5. The zero-order valence-electron chi connectivity index (χ0n) is 23.2. The number of aliphatic hydroxyl groups is 1. The smallest absolute Gasteiger partial charge is 0.330 e. The van der Waals surface area contributed by atoms with E-state index < -0.39 is 96.8 Å². The summed E-state index contributed by atoms with van der Waals surface area (Å²) in [5, 5.41) is 14.1. The van der Waals surface area contributed by atoms with Crippen LogP contribution in [0.1, 0.15) is 34.6 Å². The van der Waals surface area contributed by atoms with Gasteiger partial charge in [0, 0.05) is 40.4 Å². The number of carbonyl (C=O) groups is 7. The first-order valence-electron chi connectivity index (χ1n) is 12.0. The lowest BCUT2D eigenvalue weighted by molar-refractivity contribution is -0.237. The van der Waals surface area contributed by atoms with Gasteiger partial charge in [-0.2, -0.15) is 0 Å². The zero-order valence-corrected chi connectivity index (χ0v) is 24.9. The van der Waals surface area contributed by atoms with Crippen LogP contribution in [0.25, 0.3) is 0 Å². The van der Waals surface area contributed by atoms with Gasteiger partial charge in [0.05, 0.1) is 13.7 Å². The molecule has 0 bridgehead atoms. The highest BCUT2D eigenvalue weighted by atomic mass is 33.1. The van der Waals surface area contributed by atoms with Crippen molar-refractivity contribution in [1.82, 2.24) is 10.6 Å². The van der Waals surface area contributed by atoms with Crippen molar-refractivity contribution in [3.63, 3.8) is 0 Å². The molecule has 0 saturated carbocycles. The molecule has 2 amide bonds. The maximum absolute atomic E-state index is 12.8. The van der Waals surface area contributed by atoms with Crippen molar-refractivity contribution in [3.8, 4) is 0 Å². The largest absolute Gasteiger partial charge is 0.467 e. The monoisotopic (exact) mass is 626 g/mol. The molecule has 18 heteroatoms. The predicted octanol–water partition coefficient (Wildman–Crippen LogP) is -1.39. The fraction of sp³-hybridized carbons (Fsp3) is 0.696. The average molecular weight is 627 g/mol. The molecule has 1 rings (SSSR count). The first-order valence-corrected chi connectivity index (χ1v) is 14.4. The number of hydrogen-bond donors (Lipinski definition) is 3. The maximum Gasteiger partial charge on any atom is 0.330 e. The molecule has 0 aromatic rings. The minimum absolute atomic E-state index is 0.123. The van der Waals surface area contributed by atoms with Gasteiger partial charge >= 0.3 is 29.8 Å². The highest BCUT2D eigenvalue weighted by Gasteiger charge is 2.52. The van der Waals surface area contributed by atoms with Gasteiger partial charge in [0.25, 0.3) is 0 Å². The third-order valence-electron chi connectivity index (χ3n) is 5.02. The first kappa shape index (κ1) is 35.9. The van der Waals surface area contributed by atoms with Crippen LogP contribution in [0.3, 0.4) is 0 Å². The maximum atomic E-state index is 12.8. The predicted molar refractivity (Wildman–Crippen MR) is 141 cm³/mol. The number of carbonyl (C=O) groups excluding carboxylic acids is 7. The minimum Gasteiger partial charge on any atom is -0.467 e. The number of esters is 5. The van der Waals surface area contributed by atoms with Gasteiger partial charge in [0.1, 0.15) is 18.8 Å². The van der Waals surface area contributed by atoms with Gasteiger partial charge in [-0.25, -0.2) is 4.79 Å². The molecule has 1 heterocycles. The summed E-state index contributed by atoms with van der Waals surface area (Å²) >= 11 is 0. The molecule has 0 aromatic carbocycles. The lowest BCUT2D eigenvalue weighted by atomic mass is 9.99. The topological polar surface area (TPSA) is 219 Å². The fourth-order valence-electron chi connectivity index (χ4n) is 3.46. The molecule has 0 unspecified atom stereocenters. The number of aliphatic hydroxyl groups excluding tert-OH is 1. The van der Waals surface area contributed by atoms with Crippen LogP contribution in [0, 0.1) is 0 Å². The molecule has 0 aromatic heterocycles. The van der Waals surface area contributed by atoms with E-state index in [0.29, 0.717) is 0 Å². The van der Waals surface area contributed by atoms with Gasteiger partial charge in [-0.15, -0.1) is 0 Å². The molecule has 7 atom stereocenters. The van der Waals surface area contributed by atoms with E-state index in [1.807, 2.05) is 0 Å². The van der Waals surface area contributed by atoms with E-state index in [4.69, 9.17) is 23.7 Å². The summed E-state index contributed by atoms with van der Waals surface area (Å²) < 4.78 is 31.6. The van der Waals surface area contributed by atoms with Gasteiger partial charge in [0.15, 0.2) is 29.8 Å². The van der Waals surface area contributed by atoms with Crippen molar-refractivity contribution in [2.45, 2.75) is 76.6 Å². The summed E-state index contributed by atoms with van der Waals surface area (Å²) in [4.78, 5) is 83.4. The van der Waals surface area contributed by atoms with E-state index in [1.54, 1.807) is 0 Å². The summed E-state index contributed by atoms with van der Waals surface area (Å²) in [6.45, 7) is 4.44. The van der Waals surface area contributed by atoms with Crippen molar-refractivity contribution in [2.24, 2.45) is 0 Å². The third-order valence-corrected chi connectivity index (χ3v) is 7.58. The first-order chi connectivity index (χ1) is 19.2. The molecule has 1 aliphatic heterocycles. The van der Waals surface area contributed by atoms with E-state index in [9.17, 15) is 38.7 Å². The number of ether oxygens (including phenoxy) is 6. The van der Waals surface area contributed by atoms with Gasteiger partial charge in [-0.05, 0) is 0 Å². The summed E-state index contributed by atoms with van der Waals surface area (Å²) in [5.41, 5.74) is -1.12. The molecular formula is C23H34N2O14S2. The molecule has 16 nitrogen and oxygen atoms in total.